The Bertz CT molecular complexity index is 531. The van der Waals surface area contributed by atoms with E-state index in [9.17, 15) is 0 Å². The summed E-state index contributed by atoms with van der Waals surface area (Å²) in [6, 6.07) is 6.49. The van der Waals surface area contributed by atoms with Gasteiger partial charge in [0.1, 0.15) is 11.6 Å². The molecule has 0 saturated heterocycles. The smallest absolute Gasteiger partial charge is 0.121 e. The van der Waals surface area contributed by atoms with Gasteiger partial charge < -0.3 is 14.6 Å². The third-order valence-corrected chi connectivity index (χ3v) is 3.08. The molecule has 0 aliphatic heterocycles. The molecule has 1 aromatic heterocycles. The van der Waals surface area contributed by atoms with Crippen LogP contribution in [0.25, 0.3) is 11.0 Å². The first kappa shape index (κ1) is 12.9. The van der Waals surface area contributed by atoms with Gasteiger partial charge in [-0.1, -0.05) is 0 Å². The van der Waals surface area contributed by atoms with E-state index in [2.05, 4.69) is 29.8 Å². The Morgan fingerprint density at radius 1 is 1.39 bits per heavy atom. The number of rotatable bonds is 5. The number of ether oxygens (including phenoxy) is 1. The topological polar surface area (TPSA) is 39.1 Å². The highest BCUT2D eigenvalue weighted by Crippen LogP contribution is 2.25. The molecule has 0 aliphatic carbocycles. The standard InChI is InChI=1S/C14H21N3O/c1-10(2)17-13-6-5-11(18-4)9-12(13)16-14(17)7-8-15-3/h5-6,9-10,15H,7-8H2,1-4H3. The largest absolute Gasteiger partial charge is 0.497 e. The Morgan fingerprint density at radius 2 is 2.17 bits per heavy atom. The molecule has 0 bridgehead atoms. The average molecular weight is 247 g/mol. The van der Waals surface area contributed by atoms with Crippen molar-refractivity contribution >= 4 is 11.0 Å². The molecule has 0 aliphatic rings. The second-order valence-corrected chi connectivity index (χ2v) is 4.70. The Hall–Kier alpha value is -1.55. The quantitative estimate of drug-likeness (QED) is 0.881. The van der Waals surface area contributed by atoms with E-state index in [1.54, 1.807) is 7.11 Å². The number of nitrogens with one attached hydrogen (secondary N) is 1. The maximum absolute atomic E-state index is 5.25. The number of nitrogens with zero attached hydrogens (tertiary/aromatic N) is 2. The van der Waals surface area contributed by atoms with E-state index in [0.29, 0.717) is 6.04 Å². The van der Waals surface area contributed by atoms with Gasteiger partial charge in [-0.15, -0.1) is 0 Å². The fraction of sp³-hybridized carbons (Fsp3) is 0.500. The summed E-state index contributed by atoms with van der Waals surface area (Å²) in [6.07, 6.45) is 0.936. The molecule has 4 nitrogen and oxygen atoms in total. The first-order chi connectivity index (χ1) is 8.67. The molecule has 4 heteroatoms. The average Bonchev–Trinajstić information content (AvgIpc) is 2.73. The highest BCUT2D eigenvalue weighted by Gasteiger charge is 2.13. The number of imidazole rings is 1. The Kier molecular flexibility index (Phi) is 3.87. The molecule has 18 heavy (non-hydrogen) atoms. The first-order valence-electron chi connectivity index (χ1n) is 6.36. The molecule has 1 heterocycles. The second-order valence-electron chi connectivity index (χ2n) is 4.70. The molecular weight excluding hydrogens is 226 g/mol. The molecule has 1 N–H and O–H groups in total. The molecule has 2 rings (SSSR count). The normalized spacial score (nSPS) is 11.4. The zero-order valence-corrected chi connectivity index (χ0v) is 11.5. The van der Waals surface area contributed by atoms with Gasteiger partial charge in [0.05, 0.1) is 18.1 Å². The van der Waals surface area contributed by atoms with Crippen molar-refractivity contribution in [1.29, 1.82) is 0 Å². The Morgan fingerprint density at radius 3 is 2.78 bits per heavy atom. The van der Waals surface area contributed by atoms with Gasteiger partial charge in [0.2, 0.25) is 0 Å². The van der Waals surface area contributed by atoms with Crippen molar-refractivity contribution in [3.05, 3.63) is 24.0 Å². The van der Waals surface area contributed by atoms with E-state index in [1.807, 2.05) is 19.2 Å². The zero-order valence-electron chi connectivity index (χ0n) is 11.5. The van der Waals surface area contributed by atoms with Crippen molar-refractivity contribution < 1.29 is 4.74 Å². The lowest BCUT2D eigenvalue weighted by atomic mass is 10.2. The number of hydrogen-bond donors (Lipinski definition) is 1. The van der Waals surface area contributed by atoms with Crippen LogP contribution in [0.15, 0.2) is 18.2 Å². The van der Waals surface area contributed by atoms with Crippen LogP contribution in [-0.2, 0) is 6.42 Å². The molecule has 1 aromatic carbocycles. The number of benzene rings is 1. The predicted octanol–water partition coefficient (Wildman–Crippen LogP) is 2.39. The second kappa shape index (κ2) is 5.40. The van der Waals surface area contributed by atoms with E-state index in [1.165, 1.54) is 5.52 Å². The third kappa shape index (κ3) is 2.34. The van der Waals surface area contributed by atoms with Crippen LogP contribution in [0.4, 0.5) is 0 Å². The summed E-state index contributed by atoms with van der Waals surface area (Å²) in [5.41, 5.74) is 2.19. The Labute approximate surface area is 108 Å². The van der Waals surface area contributed by atoms with E-state index < -0.39 is 0 Å². The maximum Gasteiger partial charge on any atom is 0.121 e. The number of aromatic nitrogens is 2. The lowest BCUT2D eigenvalue weighted by molar-refractivity contribution is 0.415. The van der Waals surface area contributed by atoms with Crippen LogP contribution in [0, 0.1) is 0 Å². The highest BCUT2D eigenvalue weighted by molar-refractivity contribution is 5.78. The summed E-state index contributed by atoms with van der Waals surface area (Å²) in [7, 11) is 3.65. The number of likely N-dealkylation sites (N-methyl/N-ethyl adjacent to an activating group) is 1. The van der Waals surface area contributed by atoms with Crippen molar-refractivity contribution in [2.45, 2.75) is 26.3 Å². The lowest BCUT2D eigenvalue weighted by Crippen LogP contribution is -2.15. The number of methoxy groups -OCH3 is 1. The fourth-order valence-electron chi connectivity index (χ4n) is 2.24. The van der Waals surface area contributed by atoms with Gasteiger partial charge in [-0.2, -0.15) is 0 Å². The molecule has 2 aromatic rings. The van der Waals surface area contributed by atoms with Gasteiger partial charge in [-0.3, -0.25) is 0 Å². The van der Waals surface area contributed by atoms with Crippen LogP contribution in [-0.4, -0.2) is 30.3 Å². The minimum Gasteiger partial charge on any atom is -0.497 e. The van der Waals surface area contributed by atoms with E-state index in [-0.39, 0.29) is 0 Å². The van der Waals surface area contributed by atoms with Crippen LogP contribution in [0.5, 0.6) is 5.75 Å². The van der Waals surface area contributed by atoms with Gasteiger partial charge in [-0.05, 0) is 33.0 Å². The third-order valence-electron chi connectivity index (χ3n) is 3.08. The first-order valence-corrected chi connectivity index (χ1v) is 6.36. The molecule has 0 saturated carbocycles. The summed E-state index contributed by atoms with van der Waals surface area (Å²) in [4.78, 5) is 4.72. The van der Waals surface area contributed by atoms with E-state index in [4.69, 9.17) is 9.72 Å². The van der Waals surface area contributed by atoms with Crippen molar-refractivity contribution in [3.63, 3.8) is 0 Å². The van der Waals surface area contributed by atoms with Crippen LogP contribution in [0.3, 0.4) is 0 Å². The summed E-state index contributed by atoms with van der Waals surface area (Å²) < 4.78 is 7.55. The summed E-state index contributed by atoms with van der Waals surface area (Å²) in [6.45, 7) is 5.32. The van der Waals surface area contributed by atoms with Gasteiger partial charge in [0.25, 0.3) is 0 Å². The monoisotopic (exact) mass is 247 g/mol. The summed E-state index contributed by atoms with van der Waals surface area (Å²) in [5, 5.41) is 3.17. The van der Waals surface area contributed by atoms with Crippen molar-refractivity contribution in [1.82, 2.24) is 14.9 Å². The van der Waals surface area contributed by atoms with Gasteiger partial charge in [-0.25, -0.2) is 4.98 Å². The van der Waals surface area contributed by atoms with Gasteiger partial charge in [0.15, 0.2) is 0 Å². The Balaban J connectivity index is 2.51. The lowest BCUT2D eigenvalue weighted by Gasteiger charge is -2.13. The summed E-state index contributed by atoms with van der Waals surface area (Å²) >= 11 is 0. The molecule has 98 valence electrons. The molecule has 0 spiro atoms. The number of hydrogen-bond acceptors (Lipinski definition) is 3. The van der Waals surface area contributed by atoms with Crippen LogP contribution in [0.2, 0.25) is 0 Å². The molecular formula is C14H21N3O. The van der Waals surface area contributed by atoms with Crippen LogP contribution in [0.1, 0.15) is 25.7 Å². The van der Waals surface area contributed by atoms with Gasteiger partial charge >= 0.3 is 0 Å². The minimum atomic E-state index is 0.412. The van der Waals surface area contributed by atoms with Crippen molar-refractivity contribution in [2.24, 2.45) is 0 Å². The minimum absolute atomic E-state index is 0.412. The number of fused-ring (bicyclic) bond motifs is 1. The van der Waals surface area contributed by atoms with E-state index in [0.717, 1.165) is 30.1 Å². The molecule has 0 unspecified atom stereocenters. The molecule has 0 fully saturated rings. The van der Waals surface area contributed by atoms with Crippen LogP contribution < -0.4 is 10.1 Å². The zero-order chi connectivity index (χ0) is 13.1. The van der Waals surface area contributed by atoms with Gasteiger partial charge in [0, 0.05) is 25.1 Å². The van der Waals surface area contributed by atoms with E-state index >= 15 is 0 Å². The fourth-order valence-corrected chi connectivity index (χ4v) is 2.24. The molecule has 0 atom stereocenters. The SMILES string of the molecule is CNCCc1nc2cc(OC)ccc2n1C(C)C. The van der Waals surface area contributed by atoms with Crippen LogP contribution >= 0.6 is 0 Å². The van der Waals surface area contributed by atoms with Crippen molar-refractivity contribution in [2.75, 3.05) is 20.7 Å². The molecule has 0 radical (unpaired) electrons. The summed E-state index contributed by atoms with van der Waals surface area (Å²) in [5.74, 6) is 1.98. The predicted molar refractivity (Wildman–Crippen MR) is 74.3 cm³/mol. The highest BCUT2D eigenvalue weighted by atomic mass is 16.5. The van der Waals surface area contributed by atoms with Crippen molar-refractivity contribution in [3.8, 4) is 5.75 Å². The maximum atomic E-state index is 5.25. The molecule has 0 amide bonds.